The smallest absolute Gasteiger partial charge is 0.310 e. The second-order valence-electron chi connectivity index (χ2n) is 2.74. The zero-order valence-electron chi connectivity index (χ0n) is 7.70. The lowest BCUT2D eigenvalue weighted by Crippen LogP contribution is -2.08. The van der Waals surface area contributed by atoms with E-state index >= 15 is 0 Å². The molecule has 14 heavy (non-hydrogen) atoms. The maximum atomic E-state index is 11.2. The summed E-state index contributed by atoms with van der Waals surface area (Å²) in [5.74, 6) is -0.239. The fourth-order valence-electron chi connectivity index (χ4n) is 1.00. The van der Waals surface area contributed by atoms with Crippen molar-refractivity contribution < 1.29 is 9.53 Å². The third kappa shape index (κ3) is 3.34. The molecule has 1 aromatic carbocycles. The maximum Gasteiger partial charge on any atom is 0.310 e. The number of esters is 1. The summed E-state index contributed by atoms with van der Waals surface area (Å²) in [5.41, 5.74) is 0.932. The normalized spacial score (nSPS) is 9.50. The van der Waals surface area contributed by atoms with Crippen LogP contribution in [0.5, 0.6) is 0 Å². The third-order valence-electron chi connectivity index (χ3n) is 1.65. The molecule has 0 heterocycles. The molecule has 0 fully saturated rings. The van der Waals surface area contributed by atoms with Crippen LogP contribution in [0.3, 0.4) is 0 Å². The number of halogens is 1. The van der Waals surface area contributed by atoms with Crippen LogP contribution in [-0.4, -0.2) is 12.6 Å². The van der Waals surface area contributed by atoms with E-state index in [4.69, 9.17) is 4.74 Å². The first kappa shape index (κ1) is 11.0. The van der Waals surface area contributed by atoms with Gasteiger partial charge in [-0.15, -0.1) is 0 Å². The molecule has 0 aliphatic heterocycles. The molecule has 0 N–H and O–H groups in total. The molecule has 0 aromatic heterocycles. The first-order chi connectivity index (χ1) is 6.74. The van der Waals surface area contributed by atoms with Crippen molar-refractivity contribution in [1.29, 1.82) is 0 Å². The van der Waals surface area contributed by atoms with E-state index in [0.29, 0.717) is 0 Å². The Morgan fingerprint density at radius 3 is 2.86 bits per heavy atom. The lowest BCUT2D eigenvalue weighted by molar-refractivity contribution is -0.141. The number of ether oxygens (including phenoxy) is 1. The standard InChI is InChI=1S/C11H11BrO2/c1-2-7-14-11(13)8-9-5-3-4-6-10(9)12/h2-6H,1,7-8H2. The minimum Gasteiger partial charge on any atom is -0.461 e. The molecule has 0 spiro atoms. The van der Waals surface area contributed by atoms with E-state index in [-0.39, 0.29) is 19.0 Å². The second kappa shape index (κ2) is 5.60. The van der Waals surface area contributed by atoms with Gasteiger partial charge in [0.1, 0.15) is 6.61 Å². The Hall–Kier alpha value is -1.09. The summed E-state index contributed by atoms with van der Waals surface area (Å²) in [7, 11) is 0. The quantitative estimate of drug-likeness (QED) is 0.610. The number of rotatable bonds is 4. The van der Waals surface area contributed by atoms with E-state index in [1.807, 2.05) is 24.3 Å². The van der Waals surface area contributed by atoms with Gasteiger partial charge in [0.2, 0.25) is 0 Å². The molecule has 0 unspecified atom stereocenters. The summed E-state index contributed by atoms with van der Waals surface area (Å²) in [6.07, 6.45) is 1.84. The molecule has 1 aromatic rings. The molecule has 0 radical (unpaired) electrons. The van der Waals surface area contributed by atoms with Crippen LogP contribution >= 0.6 is 15.9 Å². The Morgan fingerprint density at radius 1 is 1.50 bits per heavy atom. The average Bonchev–Trinajstić information content (AvgIpc) is 2.18. The van der Waals surface area contributed by atoms with E-state index in [1.54, 1.807) is 6.08 Å². The minimum atomic E-state index is -0.239. The molecule has 0 saturated heterocycles. The zero-order chi connectivity index (χ0) is 10.4. The zero-order valence-corrected chi connectivity index (χ0v) is 9.29. The number of hydrogen-bond donors (Lipinski definition) is 0. The van der Waals surface area contributed by atoms with Crippen molar-refractivity contribution in [2.75, 3.05) is 6.61 Å². The van der Waals surface area contributed by atoms with Gasteiger partial charge < -0.3 is 4.74 Å². The number of carbonyl (C=O) groups excluding carboxylic acids is 1. The Kier molecular flexibility index (Phi) is 4.40. The van der Waals surface area contributed by atoms with Gasteiger partial charge in [0.05, 0.1) is 6.42 Å². The van der Waals surface area contributed by atoms with Gasteiger partial charge in [-0.25, -0.2) is 0 Å². The predicted octanol–water partition coefficient (Wildman–Crippen LogP) is 2.72. The van der Waals surface area contributed by atoms with E-state index in [0.717, 1.165) is 10.0 Å². The van der Waals surface area contributed by atoms with Gasteiger partial charge in [0, 0.05) is 4.47 Å². The van der Waals surface area contributed by atoms with Gasteiger partial charge in [-0.3, -0.25) is 4.79 Å². The molecule has 1 rings (SSSR count). The van der Waals surface area contributed by atoms with Crippen LogP contribution in [0.15, 0.2) is 41.4 Å². The Labute approximate surface area is 91.7 Å². The van der Waals surface area contributed by atoms with Crippen LogP contribution in [0.2, 0.25) is 0 Å². The predicted molar refractivity (Wildman–Crippen MR) is 59.0 cm³/mol. The highest BCUT2D eigenvalue weighted by Gasteiger charge is 2.06. The topological polar surface area (TPSA) is 26.3 Å². The highest BCUT2D eigenvalue weighted by molar-refractivity contribution is 9.10. The summed E-state index contributed by atoms with van der Waals surface area (Å²) in [5, 5.41) is 0. The third-order valence-corrected chi connectivity index (χ3v) is 2.43. The molecule has 3 heteroatoms. The van der Waals surface area contributed by atoms with Gasteiger partial charge in [-0.05, 0) is 11.6 Å². The molecule has 74 valence electrons. The fraction of sp³-hybridized carbons (Fsp3) is 0.182. The Bertz CT molecular complexity index is 334. The molecule has 2 nitrogen and oxygen atoms in total. The van der Waals surface area contributed by atoms with Crippen molar-refractivity contribution in [2.45, 2.75) is 6.42 Å². The number of hydrogen-bond acceptors (Lipinski definition) is 2. The lowest BCUT2D eigenvalue weighted by atomic mass is 10.2. The minimum absolute atomic E-state index is 0.239. The number of carbonyl (C=O) groups is 1. The molecule has 0 atom stereocenters. The lowest BCUT2D eigenvalue weighted by Gasteiger charge is -2.03. The van der Waals surface area contributed by atoms with Gasteiger partial charge in [-0.1, -0.05) is 46.8 Å². The van der Waals surface area contributed by atoms with E-state index in [1.165, 1.54) is 0 Å². The van der Waals surface area contributed by atoms with Crippen molar-refractivity contribution in [3.8, 4) is 0 Å². The van der Waals surface area contributed by atoms with Crippen molar-refractivity contribution in [2.24, 2.45) is 0 Å². The van der Waals surface area contributed by atoms with E-state index < -0.39 is 0 Å². The summed E-state index contributed by atoms with van der Waals surface area (Å²) in [6.45, 7) is 3.74. The molecular weight excluding hydrogens is 244 g/mol. The van der Waals surface area contributed by atoms with Crippen LogP contribution in [0.25, 0.3) is 0 Å². The van der Waals surface area contributed by atoms with Gasteiger partial charge >= 0.3 is 5.97 Å². The van der Waals surface area contributed by atoms with Crippen molar-refractivity contribution in [3.63, 3.8) is 0 Å². The molecular formula is C11H11BrO2. The fourth-order valence-corrected chi connectivity index (χ4v) is 1.43. The van der Waals surface area contributed by atoms with Gasteiger partial charge in [-0.2, -0.15) is 0 Å². The van der Waals surface area contributed by atoms with E-state index in [2.05, 4.69) is 22.5 Å². The molecule has 0 aliphatic carbocycles. The first-order valence-corrected chi connectivity index (χ1v) is 5.03. The largest absolute Gasteiger partial charge is 0.461 e. The average molecular weight is 255 g/mol. The second-order valence-corrected chi connectivity index (χ2v) is 3.59. The number of benzene rings is 1. The van der Waals surface area contributed by atoms with Crippen LogP contribution < -0.4 is 0 Å². The Morgan fingerprint density at radius 2 is 2.21 bits per heavy atom. The molecule has 0 saturated carbocycles. The first-order valence-electron chi connectivity index (χ1n) is 4.24. The monoisotopic (exact) mass is 254 g/mol. The molecule has 0 amide bonds. The summed E-state index contributed by atoms with van der Waals surface area (Å²) in [4.78, 5) is 11.2. The van der Waals surface area contributed by atoms with Crippen LogP contribution in [-0.2, 0) is 16.0 Å². The highest BCUT2D eigenvalue weighted by atomic mass is 79.9. The summed E-state index contributed by atoms with van der Waals surface area (Å²) in [6, 6.07) is 7.58. The van der Waals surface area contributed by atoms with Gasteiger partial charge in [0.25, 0.3) is 0 Å². The van der Waals surface area contributed by atoms with Crippen molar-refractivity contribution in [1.82, 2.24) is 0 Å². The van der Waals surface area contributed by atoms with Crippen LogP contribution in [0.4, 0.5) is 0 Å². The maximum absolute atomic E-state index is 11.2. The van der Waals surface area contributed by atoms with Crippen LogP contribution in [0.1, 0.15) is 5.56 Å². The summed E-state index contributed by atoms with van der Waals surface area (Å²) >= 11 is 3.36. The van der Waals surface area contributed by atoms with Gasteiger partial charge in [0.15, 0.2) is 0 Å². The van der Waals surface area contributed by atoms with Crippen molar-refractivity contribution in [3.05, 3.63) is 47.0 Å². The van der Waals surface area contributed by atoms with E-state index in [9.17, 15) is 4.79 Å². The summed E-state index contributed by atoms with van der Waals surface area (Å²) < 4.78 is 5.80. The SMILES string of the molecule is C=CCOC(=O)Cc1ccccc1Br. The molecule has 0 aliphatic rings. The van der Waals surface area contributed by atoms with Crippen molar-refractivity contribution >= 4 is 21.9 Å². The highest BCUT2D eigenvalue weighted by Crippen LogP contribution is 2.16. The molecule has 0 bridgehead atoms. The van der Waals surface area contributed by atoms with Crippen LogP contribution in [0, 0.1) is 0 Å². The Balaban J connectivity index is 2.56.